The zero-order valence-electron chi connectivity index (χ0n) is 14.6. The number of hydrogen-bond donors (Lipinski definition) is 0. The second kappa shape index (κ2) is 9.70. The number of nitrogens with zero attached hydrogens (tertiary/aromatic N) is 1. The van der Waals surface area contributed by atoms with E-state index in [1.165, 1.54) is 4.90 Å². The minimum atomic E-state index is -1.06. The number of likely N-dealkylation sites (tertiary alicyclic amines) is 1. The largest absolute Gasteiger partial charge is 1.00 e. The first-order chi connectivity index (χ1) is 9.20. The number of rotatable bonds is 3. The molecule has 1 saturated heterocycles. The number of carbonyl (C=O) groups excluding carboxylic acids is 2. The number of aliphatic carboxylic acids is 1. The fourth-order valence-corrected chi connectivity index (χ4v) is 2.31. The molecule has 0 aromatic heterocycles. The van der Waals surface area contributed by atoms with Crippen molar-refractivity contribution < 1.29 is 49.0 Å². The van der Waals surface area contributed by atoms with Gasteiger partial charge in [0.05, 0.1) is 0 Å². The zero-order valence-corrected chi connectivity index (χ0v) is 16.6. The average Bonchev–Trinajstić information content (AvgIpc) is 2.76. The zero-order chi connectivity index (χ0) is 16.0. The summed E-state index contributed by atoms with van der Waals surface area (Å²) >= 11 is 0. The minimum absolute atomic E-state index is 0. The van der Waals surface area contributed by atoms with Crippen molar-refractivity contribution in [3.8, 4) is 0 Å². The van der Waals surface area contributed by atoms with Crippen LogP contribution in [0.5, 0.6) is 0 Å². The van der Waals surface area contributed by atoms with Crippen molar-refractivity contribution in [2.75, 3.05) is 13.1 Å². The summed E-state index contributed by atoms with van der Waals surface area (Å²) in [6, 6.07) is 0. The number of amides is 1. The first-order valence-electron chi connectivity index (χ1n) is 7.39. The van der Waals surface area contributed by atoms with Crippen LogP contribution in [0.15, 0.2) is 0 Å². The molecular formula is C15H28NNaO4. The van der Waals surface area contributed by atoms with Gasteiger partial charge in [-0.15, -0.1) is 0 Å². The van der Waals surface area contributed by atoms with Gasteiger partial charge >= 0.3 is 35.7 Å². The third-order valence-electron chi connectivity index (χ3n) is 3.17. The fraction of sp³-hybridized carbons (Fsp3) is 0.867. The van der Waals surface area contributed by atoms with Crippen molar-refractivity contribution in [1.82, 2.24) is 4.90 Å². The van der Waals surface area contributed by atoms with E-state index >= 15 is 0 Å². The predicted molar refractivity (Wildman–Crippen MR) is 76.1 cm³/mol. The molecule has 1 heterocycles. The Balaban J connectivity index is 0. The van der Waals surface area contributed by atoms with Gasteiger partial charge in [0.25, 0.3) is 0 Å². The van der Waals surface area contributed by atoms with E-state index in [0.29, 0.717) is 19.4 Å². The molecule has 1 aliphatic heterocycles. The van der Waals surface area contributed by atoms with Crippen LogP contribution in [-0.2, 0) is 9.53 Å². The Bertz CT molecular complexity index is 341. The molecule has 0 N–H and O–H groups in total. The van der Waals surface area contributed by atoms with Gasteiger partial charge in [-0.25, -0.2) is 4.79 Å². The molecule has 1 atom stereocenters. The molecule has 1 aliphatic rings. The average molecular weight is 309 g/mol. The third kappa shape index (κ3) is 7.02. The predicted octanol–water partition coefficient (Wildman–Crippen LogP) is -0.806. The molecule has 1 unspecified atom stereocenters. The maximum Gasteiger partial charge on any atom is 1.00 e. The Labute approximate surface area is 150 Å². The Morgan fingerprint density at radius 2 is 1.81 bits per heavy atom. The summed E-state index contributed by atoms with van der Waals surface area (Å²) in [5.41, 5.74) is -1.46. The molecule has 118 valence electrons. The number of carboxylic acid groups (broad SMARTS) is 1. The SMILES string of the molecule is CC.CCCC1(C(=O)[O-])CCN(C(=O)OC(C)(C)C)C1.[Na+]. The van der Waals surface area contributed by atoms with E-state index in [9.17, 15) is 14.7 Å². The van der Waals surface area contributed by atoms with Crippen LogP contribution in [-0.4, -0.2) is 35.7 Å². The molecule has 21 heavy (non-hydrogen) atoms. The molecule has 1 fully saturated rings. The van der Waals surface area contributed by atoms with Gasteiger partial charge in [-0.05, 0) is 33.6 Å². The fourth-order valence-electron chi connectivity index (χ4n) is 2.31. The van der Waals surface area contributed by atoms with Crippen molar-refractivity contribution in [3.63, 3.8) is 0 Å². The van der Waals surface area contributed by atoms with Crippen molar-refractivity contribution in [1.29, 1.82) is 0 Å². The molecule has 0 aliphatic carbocycles. The molecule has 1 rings (SSSR count). The maximum atomic E-state index is 11.9. The van der Waals surface area contributed by atoms with Crippen molar-refractivity contribution in [2.24, 2.45) is 5.41 Å². The summed E-state index contributed by atoms with van der Waals surface area (Å²) in [6.07, 6.45) is 1.30. The van der Waals surface area contributed by atoms with E-state index in [1.54, 1.807) is 20.8 Å². The van der Waals surface area contributed by atoms with Crippen LogP contribution in [0.3, 0.4) is 0 Å². The van der Waals surface area contributed by atoms with Gasteiger partial charge in [0.1, 0.15) is 5.60 Å². The van der Waals surface area contributed by atoms with E-state index < -0.39 is 23.1 Å². The summed E-state index contributed by atoms with van der Waals surface area (Å²) in [4.78, 5) is 24.6. The van der Waals surface area contributed by atoms with E-state index in [-0.39, 0.29) is 36.1 Å². The van der Waals surface area contributed by atoms with E-state index in [4.69, 9.17) is 4.74 Å². The molecule has 0 bridgehead atoms. The van der Waals surface area contributed by atoms with Gasteiger partial charge in [0.15, 0.2) is 0 Å². The Hall–Kier alpha value is -0.260. The van der Waals surface area contributed by atoms with Gasteiger partial charge in [-0.3, -0.25) is 0 Å². The van der Waals surface area contributed by atoms with Gasteiger partial charge < -0.3 is 19.5 Å². The molecule has 6 heteroatoms. The van der Waals surface area contributed by atoms with Gasteiger partial charge in [0, 0.05) is 24.5 Å². The maximum absolute atomic E-state index is 11.9. The first kappa shape index (κ1) is 23.0. The Morgan fingerprint density at radius 1 is 1.29 bits per heavy atom. The van der Waals surface area contributed by atoms with Crippen LogP contribution < -0.4 is 34.7 Å². The van der Waals surface area contributed by atoms with E-state index in [0.717, 1.165) is 6.42 Å². The van der Waals surface area contributed by atoms with Gasteiger partial charge in [-0.1, -0.05) is 27.2 Å². The third-order valence-corrected chi connectivity index (χ3v) is 3.17. The Morgan fingerprint density at radius 3 is 2.19 bits per heavy atom. The van der Waals surface area contributed by atoms with Crippen molar-refractivity contribution in [2.45, 2.75) is 66.4 Å². The molecule has 1 amide bonds. The van der Waals surface area contributed by atoms with Crippen LogP contribution in [0.4, 0.5) is 4.79 Å². The van der Waals surface area contributed by atoms with Crippen LogP contribution in [0.2, 0.25) is 0 Å². The van der Waals surface area contributed by atoms with Crippen molar-refractivity contribution in [3.05, 3.63) is 0 Å². The van der Waals surface area contributed by atoms with Gasteiger partial charge in [0.2, 0.25) is 0 Å². The van der Waals surface area contributed by atoms with Gasteiger partial charge in [-0.2, -0.15) is 0 Å². The van der Waals surface area contributed by atoms with Crippen molar-refractivity contribution >= 4 is 12.1 Å². The standard InChI is InChI=1S/C13H23NO4.C2H6.Na/c1-5-6-13(10(15)16)7-8-14(9-13)11(17)18-12(2,3)4;1-2;/h5-9H2,1-4H3,(H,15,16);1-2H3;/q;;+1/p-1. The molecule has 5 nitrogen and oxygen atoms in total. The molecular weight excluding hydrogens is 281 g/mol. The normalized spacial score (nSPS) is 21.0. The molecule has 0 aromatic rings. The number of ether oxygens (including phenoxy) is 1. The molecule has 0 saturated carbocycles. The molecule has 0 aromatic carbocycles. The molecule has 0 radical (unpaired) electrons. The molecule has 0 spiro atoms. The summed E-state index contributed by atoms with van der Waals surface area (Å²) in [6.45, 7) is 11.9. The smallest absolute Gasteiger partial charge is 0.549 e. The summed E-state index contributed by atoms with van der Waals surface area (Å²) in [5.74, 6) is -1.06. The second-order valence-electron chi connectivity index (χ2n) is 5.97. The first-order valence-corrected chi connectivity index (χ1v) is 7.39. The quantitative estimate of drug-likeness (QED) is 0.640. The summed E-state index contributed by atoms with van der Waals surface area (Å²) < 4.78 is 5.25. The van der Waals surface area contributed by atoms with Crippen LogP contribution in [0.25, 0.3) is 0 Å². The van der Waals surface area contributed by atoms with Crippen LogP contribution in [0, 0.1) is 5.41 Å². The summed E-state index contributed by atoms with van der Waals surface area (Å²) in [7, 11) is 0. The summed E-state index contributed by atoms with van der Waals surface area (Å²) in [5, 5.41) is 11.3. The topological polar surface area (TPSA) is 69.7 Å². The Kier molecular flexibility index (Phi) is 10.6. The second-order valence-corrected chi connectivity index (χ2v) is 5.97. The number of carboxylic acids is 1. The van der Waals surface area contributed by atoms with E-state index in [2.05, 4.69) is 0 Å². The van der Waals surface area contributed by atoms with Crippen LogP contribution in [0.1, 0.15) is 60.8 Å². The minimum Gasteiger partial charge on any atom is -0.549 e. The number of hydrogen-bond acceptors (Lipinski definition) is 4. The van der Waals surface area contributed by atoms with Crippen LogP contribution >= 0.6 is 0 Å². The monoisotopic (exact) mass is 309 g/mol. The van der Waals surface area contributed by atoms with E-state index in [1.807, 2.05) is 20.8 Å². The number of carbonyl (C=O) groups is 2.